The van der Waals surface area contributed by atoms with E-state index in [0.29, 0.717) is 13.0 Å². The summed E-state index contributed by atoms with van der Waals surface area (Å²) in [5.74, 6) is -1.00. The Morgan fingerprint density at radius 3 is 3.00 bits per heavy atom. The summed E-state index contributed by atoms with van der Waals surface area (Å²) in [6, 6.07) is 3.55. The highest BCUT2D eigenvalue weighted by Crippen LogP contribution is 2.03. The number of carbonyl (C=O) groups excluding carboxylic acids is 1. The molecular weight excluding hydrogens is 238 g/mol. The molecule has 0 aliphatic rings. The van der Waals surface area contributed by atoms with Gasteiger partial charge in [-0.2, -0.15) is 0 Å². The van der Waals surface area contributed by atoms with Crippen LogP contribution in [0.4, 0.5) is 0 Å². The maximum Gasteiger partial charge on any atom is 0.354 e. The quantitative estimate of drug-likeness (QED) is 0.721. The van der Waals surface area contributed by atoms with Crippen LogP contribution in [0.5, 0.6) is 0 Å². The fourth-order valence-electron chi connectivity index (χ4n) is 1.47. The van der Waals surface area contributed by atoms with Crippen LogP contribution in [0, 0.1) is 0 Å². The van der Waals surface area contributed by atoms with Gasteiger partial charge in [-0.3, -0.25) is 4.79 Å². The van der Waals surface area contributed by atoms with Gasteiger partial charge in [0.2, 0.25) is 0 Å². The van der Waals surface area contributed by atoms with Gasteiger partial charge in [0.15, 0.2) is 11.4 Å². The number of carbonyl (C=O) groups is 2. The van der Waals surface area contributed by atoms with Gasteiger partial charge in [0.25, 0.3) is 5.91 Å². The van der Waals surface area contributed by atoms with E-state index in [2.05, 4.69) is 15.3 Å². The Morgan fingerprint density at radius 1 is 1.50 bits per heavy atom. The lowest BCUT2D eigenvalue weighted by Crippen LogP contribution is -2.27. The molecule has 0 bridgehead atoms. The highest BCUT2D eigenvalue weighted by atomic mass is 16.4. The summed E-state index contributed by atoms with van der Waals surface area (Å²) in [7, 11) is 0. The number of furan rings is 1. The first kappa shape index (κ1) is 11.9. The largest absolute Gasteiger partial charge is 0.477 e. The van der Waals surface area contributed by atoms with Crippen molar-refractivity contribution in [2.24, 2.45) is 0 Å². The second kappa shape index (κ2) is 5.17. The molecule has 2 rings (SSSR count). The first-order chi connectivity index (χ1) is 8.68. The summed E-state index contributed by atoms with van der Waals surface area (Å²) in [5, 5.41) is 11.4. The predicted octanol–water partition coefficient (Wildman–Crippen LogP) is 0.673. The monoisotopic (exact) mass is 249 g/mol. The van der Waals surface area contributed by atoms with Crippen LogP contribution in [0.25, 0.3) is 0 Å². The molecule has 0 fully saturated rings. The van der Waals surface area contributed by atoms with Gasteiger partial charge in [-0.1, -0.05) is 0 Å². The number of hydrogen-bond donors (Lipinski definition) is 3. The van der Waals surface area contributed by atoms with Crippen LogP contribution in [0.15, 0.2) is 29.1 Å². The average Bonchev–Trinajstić information content (AvgIpc) is 2.99. The third-order valence-electron chi connectivity index (χ3n) is 2.31. The van der Waals surface area contributed by atoms with Crippen LogP contribution >= 0.6 is 0 Å². The fraction of sp³-hybridized carbons (Fsp3) is 0.182. The van der Waals surface area contributed by atoms with Gasteiger partial charge < -0.3 is 19.8 Å². The lowest BCUT2D eigenvalue weighted by atomic mass is 10.3. The molecule has 0 radical (unpaired) electrons. The molecule has 18 heavy (non-hydrogen) atoms. The summed E-state index contributed by atoms with van der Waals surface area (Å²) >= 11 is 0. The van der Waals surface area contributed by atoms with Crippen molar-refractivity contribution in [2.75, 3.05) is 6.54 Å². The maximum absolute atomic E-state index is 11.7. The molecule has 0 aliphatic heterocycles. The molecular formula is C11H11N3O4. The van der Waals surface area contributed by atoms with E-state index < -0.39 is 11.9 Å². The molecule has 0 atom stereocenters. The van der Waals surface area contributed by atoms with E-state index in [-0.39, 0.29) is 11.4 Å². The SMILES string of the molecule is O=C(NCCc1ccco1)c1nc[nH]c1C(=O)O. The summed E-state index contributed by atoms with van der Waals surface area (Å²) in [6.45, 7) is 0.346. The molecule has 2 aromatic heterocycles. The Labute approximate surface area is 102 Å². The number of aromatic amines is 1. The van der Waals surface area contributed by atoms with E-state index >= 15 is 0 Å². The van der Waals surface area contributed by atoms with Gasteiger partial charge in [-0.25, -0.2) is 9.78 Å². The van der Waals surface area contributed by atoms with Crippen LogP contribution in [0.2, 0.25) is 0 Å². The molecule has 3 N–H and O–H groups in total. The first-order valence-corrected chi connectivity index (χ1v) is 5.25. The number of hydrogen-bond acceptors (Lipinski definition) is 4. The number of H-pyrrole nitrogens is 1. The topological polar surface area (TPSA) is 108 Å². The second-order valence-corrected chi connectivity index (χ2v) is 3.52. The number of aromatic nitrogens is 2. The van der Waals surface area contributed by atoms with Crippen molar-refractivity contribution in [3.05, 3.63) is 41.9 Å². The fourth-order valence-corrected chi connectivity index (χ4v) is 1.47. The van der Waals surface area contributed by atoms with E-state index in [1.165, 1.54) is 6.33 Å². The molecule has 0 aromatic carbocycles. The molecule has 7 nitrogen and oxygen atoms in total. The van der Waals surface area contributed by atoms with Gasteiger partial charge >= 0.3 is 5.97 Å². The van der Waals surface area contributed by atoms with Crippen molar-refractivity contribution >= 4 is 11.9 Å². The van der Waals surface area contributed by atoms with Crippen molar-refractivity contribution in [1.29, 1.82) is 0 Å². The molecule has 2 aromatic rings. The normalized spacial score (nSPS) is 10.2. The van der Waals surface area contributed by atoms with Crippen molar-refractivity contribution in [1.82, 2.24) is 15.3 Å². The van der Waals surface area contributed by atoms with E-state index in [9.17, 15) is 9.59 Å². The van der Waals surface area contributed by atoms with Crippen LogP contribution in [0.1, 0.15) is 26.7 Å². The summed E-state index contributed by atoms with van der Waals surface area (Å²) in [6.07, 6.45) is 3.25. The zero-order valence-electron chi connectivity index (χ0n) is 9.34. The van der Waals surface area contributed by atoms with Crippen molar-refractivity contribution in [3.8, 4) is 0 Å². The van der Waals surface area contributed by atoms with Gasteiger partial charge in [0.05, 0.1) is 12.6 Å². The number of nitrogens with zero attached hydrogens (tertiary/aromatic N) is 1. The Kier molecular flexibility index (Phi) is 3.42. The Balaban J connectivity index is 1.91. The van der Waals surface area contributed by atoms with Gasteiger partial charge in [-0.05, 0) is 12.1 Å². The minimum atomic E-state index is -1.22. The number of nitrogens with one attached hydrogen (secondary N) is 2. The zero-order valence-corrected chi connectivity index (χ0v) is 9.34. The van der Waals surface area contributed by atoms with Crippen LogP contribution in [0.3, 0.4) is 0 Å². The Hall–Kier alpha value is -2.57. The summed E-state index contributed by atoms with van der Waals surface area (Å²) in [5.41, 5.74) is -0.340. The number of imidazole rings is 1. The number of amides is 1. The Morgan fingerprint density at radius 2 is 2.33 bits per heavy atom. The number of carboxylic acid groups (broad SMARTS) is 1. The average molecular weight is 249 g/mol. The molecule has 0 spiro atoms. The van der Waals surface area contributed by atoms with Crippen LogP contribution in [-0.2, 0) is 6.42 Å². The molecule has 0 unspecified atom stereocenters. The highest BCUT2D eigenvalue weighted by Gasteiger charge is 2.19. The second-order valence-electron chi connectivity index (χ2n) is 3.52. The highest BCUT2D eigenvalue weighted by molar-refractivity contribution is 6.02. The van der Waals surface area contributed by atoms with Crippen molar-refractivity contribution in [2.45, 2.75) is 6.42 Å². The molecule has 7 heteroatoms. The van der Waals surface area contributed by atoms with E-state index in [1.54, 1.807) is 18.4 Å². The lowest BCUT2D eigenvalue weighted by molar-refractivity contribution is 0.0685. The molecule has 0 aliphatic carbocycles. The third-order valence-corrected chi connectivity index (χ3v) is 2.31. The van der Waals surface area contributed by atoms with Gasteiger partial charge in [0, 0.05) is 13.0 Å². The van der Waals surface area contributed by atoms with E-state index in [4.69, 9.17) is 9.52 Å². The van der Waals surface area contributed by atoms with Gasteiger partial charge in [-0.15, -0.1) is 0 Å². The Bertz CT molecular complexity index is 544. The molecule has 94 valence electrons. The van der Waals surface area contributed by atoms with Gasteiger partial charge in [0.1, 0.15) is 5.76 Å². The number of carboxylic acids is 1. The molecule has 1 amide bonds. The minimum absolute atomic E-state index is 0.123. The number of aromatic carboxylic acids is 1. The van der Waals surface area contributed by atoms with Crippen LogP contribution < -0.4 is 5.32 Å². The molecule has 0 saturated heterocycles. The summed E-state index contributed by atoms with van der Waals surface area (Å²) < 4.78 is 5.10. The van der Waals surface area contributed by atoms with Crippen LogP contribution in [-0.4, -0.2) is 33.5 Å². The maximum atomic E-state index is 11.7. The number of rotatable bonds is 5. The summed E-state index contributed by atoms with van der Waals surface area (Å²) in [4.78, 5) is 28.5. The molecule has 2 heterocycles. The first-order valence-electron chi connectivity index (χ1n) is 5.25. The predicted molar refractivity (Wildman–Crippen MR) is 60.3 cm³/mol. The zero-order chi connectivity index (χ0) is 13.0. The minimum Gasteiger partial charge on any atom is -0.477 e. The standard InChI is InChI=1S/C11H11N3O4/c15-10(8-9(11(16)17)14-6-13-8)12-4-3-7-2-1-5-18-7/h1-2,5-6H,3-4H2,(H,12,15)(H,13,14)(H,16,17). The van der Waals surface area contributed by atoms with E-state index in [1.807, 2.05) is 0 Å². The third kappa shape index (κ3) is 2.57. The molecule has 0 saturated carbocycles. The van der Waals surface area contributed by atoms with Crippen molar-refractivity contribution in [3.63, 3.8) is 0 Å². The van der Waals surface area contributed by atoms with E-state index in [0.717, 1.165) is 5.76 Å². The van der Waals surface area contributed by atoms with Crippen molar-refractivity contribution < 1.29 is 19.1 Å². The smallest absolute Gasteiger partial charge is 0.354 e. The lowest BCUT2D eigenvalue weighted by Gasteiger charge is -2.02.